The highest BCUT2D eigenvalue weighted by atomic mass is 16.5. The lowest BCUT2D eigenvalue weighted by Gasteiger charge is -2.18. The quantitative estimate of drug-likeness (QED) is 0.324. The lowest BCUT2D eigenvalue weighted by molar-refractivity contribution is 0.0468. The van der Waals surface area contributed by atoms with E-state index in [4.69, 9.17) is 4.74 Å². The fraction of sp³-hybridized carbons (Fsp3) is 0.947. The van der Waals surface area contributed by atoms with Crippen LogP contribution < -0.4 is 10.6 Å². The Bertz CT molecular complexity index is 389. The van der Waals surface area contributed by atoms with Gasteiger partial charge >= 0.3 is 0 Å². The molecule has 0 bridgehead atoms. The van der Waals surface area contributed by atoms with Gasteiger partial charge in [-0.05, 0) is 44.6 Å². The van der Waals surface area contributed by atoms with Gasteiger partial charge in [0, 0.05) is 32.7 Å². The molecule has 5 heteroatoms. The van der Waals surface area contributed by atoms with E-state index in [-0.39, 0.29) is 0 Å². The van der Waals surface area contributed by atoms with E-state index in [1.807, 2.05) is 7.05 Å². The summed E-state index contributed by atoms with van der Waals surface area (Å²) < 4.78 is 6.03. The summed E-state index contributed by atoms with van der Waals surface area (Å²) in [4.78, 5) is 7.01. The molecule has 5 nitrogen and oxygen atoms in total. The van der Waals surface area contributed by atoms with Gasteiger partial charge in [0.1, 0.15) is 0 Å². The van der Waals surface area contributed by atoms with Gasteiger partial charge in [-0.3, -0.25) is 4.99 Å². The van der Waals surface area contributed by atoms with E-state index in [0.29, 0.717) is 6.10 Å². The van der Waals surface area contributed by atoms with Crippen LogP contribution >= 0.6 is 0 Å². The normalized spacial score (nSPS) is 27.2. The first kappa shape index (κ1) is 18.0. The molecule has 3 rings (SSSR count). The predicted molar refractivity (Wildman–Crippen MR) is 99.5 cm³/mol. The van der Waals surface area contributed by atoms with Gasteiger partial charge in [0.25, 0.3) is 0 Å². The molecule has 2 saturated carbocycles. The molecule has 3 aliphatic rings. The Morgan fingerprint density at radius 3 is 2.54 bits per heavy atom. The maximum atomic E-state index is 6.03. The number of guanidine groups is 1. The number of hydrogen-bond acceptors (Lipinski definition) is 3. The minimum Gasteiger partial charge on any atom is -0.376 e. The molecule has 3 fully saturated rings. The van der Waals surface area contributed by atoms with Crippen molar-refractivity contribution in [1.82, 2.24) is 15.5 Å². The summed E-state index contributed by atoms with van der Waals surface area (Å²) in [6.45, 7) is 5.21. The van der Waals surface area contributed by atoms with Gasteiger partial charge in [-0.15, -0.1) is 0 Å². The Labute approximate surface area is 147 Å². The Hall–Kier alpha value is -0.810. The van der Waals surface area contributed by atoms with Crippen molar-refractivity contribution in [2.45, 2.75) is 69.9 Å². The Kier molecular flexibility index (Phi) is 7.21. The number of nitrogens with zero attached hydrogens (tertiary/aromatic N) is 2. The van der Waals surface area contributed by atoms with Gasteiger partial charge in [0.15, 0.2) is 5.96 Å². The van der Waals surface area contributed by atoms with E-state index in [0.717, 1.165) is 37.6 Å². The molecule has 0 amide bonds. The lowest BCUT2D eigenvalue weighted by atomic mass is 10.1. The van der Waals surface area contributed by atoms with Gasteiger partial charge in [-0.25, -0.2) is 0 Å². The summed E-state index contributed by atoms with van der Waals surface area (Å²) in [7, 11) is 1.85. The number of aliphatic imine (C=N–C) groups is 1. The summed E-state index contributed by atoms with van der Waals surface area (Å²) in [6, 6.07) is 0.911. The van der Waals surface area contributed by atoms with Crippen molar-refractivity contribution in [2.75, 3.05) is 39.8 Å². The third kappa shape index (κ3) is 5.92. The molecular formula is C19H36N4O. The highest BCUT2D eigenvalue weighted by Gasteiger charge is 2.34. The van der Waals surface area contributed by atoms with Crippen molar-refractivity contribution in [1.29, 1.82) is 0 Å². The van der Waals surface area contributed by atoms with Crippen molar-refractivity contribution in [3.05, 3.63) is 0 Å². The second-order valence-corrected chi connectivity index (χ2v) is 7.75. The van der Waals surface area contributed by atoms with Crippen LogP contribution in [0.3, 0.4) is 0 Å². The molecule has 0 spiro atoms. The number of ether oxygens (including phenoxy) is 1. The molecule has 0 aromatic rings. The number of likely N-dealkylation sites (tertiary alicyclic amines) is 1. The number of nitrogens with one attached hydrogen (secondary N) is 2. The Balaban J connectivity index is 1.25. The van der Waals surface area contributed by atoms with Crippen molar-refractivity contribution in [3.8, 4) is 0 Å². The second kappa shape index (κ2) is 9.62. The minimum atomic E-state index is 0.483. The largest absolute Gasteiger partial charge is 0.376 e. The van der Waals surface area contributed by atoms with Gasteiger partial charge in [0.2, 0.25) is 0 Å². The first-order valence-corrected chi connectivity index (χ1v) is 10.2. The predicted octanol–water partition coefficient (Wildman–Crippen LogP) is 2.38. The summed E-state index contributed by atoms with van der Waals surface area (Å²) in [6.07, 6.45) is 12.6. The molecule has 2 aliphatic carbocycles. The monoisotopic (exact) mass is 336 g/mol. The van der Waals surface area contributed by atoms with Gasteiger partial charge in [-0.1, -0.05) is 25.7 Å². The zero-order valence-electron chi connectivity index (χ0n) is 15.4. The minimum absolute atomic E-state index is 0.483. The van der Waals surface area contributed by atoms with Crippen LogP contribution in [0, 0.1) is 5.92 Å². The molecule has 0 aromatic carbocycles. The van der Waals surface area contributed by atoms with E-state index in [1.165, 1.54) is 70.9 Å². The zero-order valence-corrected chi connectivity index (χ0v) is 15.4. The molecule has 1 saturated heterocycles. The maximum absolute atomic E-state index is 6.03. The van der Waals surface area contributed by atoms with Gasteiger partial charge < -0.3 is 20.3 Å². The molecular weight excluding hydrogens is 300 g/mol. The Morgan fingerprint density at radius 1 is 1.04 bits per heavy atom. The van der Waals surface area contributed by atoms with Crippen LogP contribution in [-0.2, 0) is 4.74 Å². The average molecular weight is 337 g/mol. The SMILES string of the molecule is CN=C(NCCOC1CCCCCC1)NCC1CCN(C2CC2)C1. The maximum Gasteiger partial charge on any atom is 0.191 e. The van der Waals surface area contributed by atoms with Crippen LogP contribution in [0.1, 0.15) is 57.8 Å². The van der Waals surface area contributed by atoms with E-state index >= 15 is 0 Å². The standard InChI is InChI=1S/C19H36N4O/c1-20-19(21-11-13-24-18-6-4-2-3-5-7-18)22-14-16-10-12-23(15-16)17-8-9-17/h16-18H,2-15H2,1H3,(H2,20,21,22). The van der Waals surface area contributed by atoms with Crippen molar-refractivity contribution < 1.29 is 4.74 Å². The third-order valence-corrected chi connectivity index (χ3v) is 5.71. The summed E-state index contributed by atoms with van der Waals surface area (Å²) >= 11 is 0. The molecule has 1 heterocycles. The highest BCUT2D eigenvalue weighted by molar-refractivity contribution is 5.79. The van der Waals surface area contributed by atoms with E-state index in [9.17, 15) is 0 Å². The molecule has 1 atom stereocenters. The number of hydrogen-bond donors (Lipinski definition) is 2. The zero-order chi connectivity index (χ0) is 16.6. The molecule has 24 heavy (non-hydrogen) atoms. The molecule has 138 valence electrons. The topological polar surface area (TPSA) is 48.9 Å². The van der Waals surface area contributed by atoms with Crippen molar-refractivity contribution >= 4 is 5.96 Å². The Morgan fingerprint density at radius 2 is 1.83 bits per heavy atom. The van der Waals surface area contributed by atoms with Gasteiger partial charge in [0.05, 0.1) is 12.7 Å². The molecule has 2 N–H and O–H groups in total. The van der Waals surface area contributed by atoms with Crippen molar-refractivity contribution in [3.63, 3.8) is 0 Å². The summed E-state index contributed by atoms with van der Waals surface area (Å²) in [5.41, 5.74) is 0. The van der Waals surface area contributed by atoms with E-state index in [1.54, 1.807) is 0 Å². The summed E-state index contributed by atoms with van der Waals surface area (Å²) in [5.74, 6) is 1.69. The van der Waals surface area contributed by atoms with E-state index < -0.39 is 0 Å². The first-order chi connectivity index (χ1) is 11.8. The van der Waals surface area contributed by atoms with Crippen LogP contribution in [0.25, 0.3) is 0 Å². The van der Waals surface area contributed by atoms with Crippen LogP contribution in [0.15, 0.2) is 4.99 Å². The van der Waals surface area contributed by atoms with E-state index in [2.05, 4.69) is 20.5 Å². The van der Waals surface area contributed by atoms with Crippen LogP contribution in [0.5, 0.6) is 0 Å². The highest BCUT2D eigenvalue weighted by Crippen LogP contribution is 2.31. The molecule has 1 aliphatic heterocycles. The fourth-order valence-electron chi connectivity index (χ4n) is 4.07. The smallest absolute Gasteiger partial charge is 0.191 e. The number of rotatable bonds is 7. The van der Waals surface area contributed by atoms with Crippen LogP contribution in [-0.4, -0.2) is 62.8 Å². The first-order valence-electron chi connectivity index (χ1n) is 10.2. The molecule has 1 unspecified atom stereocenters. The molecule has 0 radical (unpaired) electrons. The average Bonchev–Trinajstić information content (AvgIpc) is 3.39. The molecule has 0 aromatic heterocycles. The lowest BCUT2D eigenvalue weighted by Crippen LogP contribution is -2.41. The third-order valence-electron chi connectivity index (χ3n) is 5.71. The van der Waals surface area contributed by atoms with Crippen LogP contribution in [0.4, 0.5) is 0 Å². The van der Waals surface area contributed by atoms with Crippen LogP contribution in [0.2, 0.25) is 0 Å². The van der Waals surface area contributed by atoms with Crippen molar-refractivity contribution in [2.24, 2.45) is 10.9 Å². The second-order valence-electron chi connectivity index (χ2n) is 7.75. The summed E-state index contributed by atoms with van der Waals surface area (Å²) in [5, 5.41) is 6.89. The van der Waals surface area contributed by atoms with Gasteiger partial charge in [-0.2, -0.15) is 0 Å². The fourth-order valence-corrected chi connectivity index (χ4v) is 4.07.